The predicted octanol–water partition coefficient (Wildman–Crippen LogP) is 1.69. The molecule has 3 aromatic rings. The maximum atomic E-state index is 12.8. The summed E-state index contributed by atoms with van der Waals surface area (Å²) in [4.78, 5) is 25.3. The third kappa shape index (κ3) is 3.13. The van der Waals surface area contributed by atoms with Crippen molar-refractivity contribution in [2.24, 2.45) is 0 Å². The number of aryl methyl sites for hydroxylation is 1. The van der Waals surface area contributed by atoms with E-state index in [1.807, 2.05) is 42.2 Å². The van der Waals surface area contributed by atoms with E-state index >= 15 is 0 Å². The maximum absolute atomic E-state index is 12.8. The molecule has 1 fully saturated rings. The molecule has 2 aromatic heterocycles. The normalized spacial score (nSPS) is 14.8. The van der Waals surface area contributed by atoms with Crippen LogP contribution in [-0.2, 0) is 0 Å². The Labute approximate surface area is 145 Å². The van der Waals surface area contributed by atoms with Gasteiger partial charge in [-0.2, -0.15) is 5.10 Å². The van der Waals surface area contributed by atoms with Crippen LogP contribution in [0.1, 0.15) is 16.1 Å². The van der Waals surface area contributed by atoms with Crippen LogP contribution in [0.5, 0.6) is 0 Å². The summed E-state index contributed by atoms with van der Waals surface area (Å²) in [5, 5.41) is 8.32. The van der Waals surface area contributed by atoms with Crippen molar-refractivity contribution < 1.29 is 4.79 Å². The van der Waals surface area contributed by atoms with Gasteiger partial charge < -0.3 is 9.80 Å². The second-order valence-electron chi connectivity index (χ2n) is 6.07. The fourth-order valence-corrected chi connectivity index (χ4v) is 2.98. The van der Waals surface area contributed by atoms with Crippen LogP contribution in [0, 0.1) is 6.92 Å². The highest BCUT2D eigenvalue weighted by atomic mass is 16.2. The van der Waals surface area contributed by atoms with Crippen molar-refractivity contribution in [1.29, 1.82) is 0 Å². The number of hydrogen-bond acceptors (Lipinski definition) is 6. The third-order valence-corrected chi connectivity index (χ3v) is 4.39. The van der Waals surface area contributed by atoms with E-state index in [0.717, 1.165) is 35.6 Å². The van der Waals surface area contributed by atoms with Crippen LogP contribution in [0.3, 0.4) is 0 Å². The van der Waals surface area contributed by atoms with Crippen molar-refractivity contribution in [3.63, 3.8) is 0 Å². The van der Waals surface area contributed by atoms with Gasteiger partial charge in [0.05, 0.1) is 16.7 Å². The lowest BCUT2D eigenvalue weighted by Crippen LogP contribution is -2.49. The molecular weight excluding hydrogens is 316 g/mol. The number of carbonyl (C=O) groups is 1. The first kappa shape index (κ1) is 15.4. The van der Waals surface area contributed by atoms with Gasteiger partial charge in [-0.05, 0) is 37.3 Å². The molecule has 1 amide bonds. The summed E-state index contributed by atoms with van der Waals surface area (Å²) >= 11 is 0. The summed E-state index contributed by atoms with van der Waals surface area (Å²) < 4.78 is 0. The molecule has 7 heteroatoms. The number of rotatable bonds is 2. The minimum Gasteiger partial charge on any atom is -0.352 e. The largest absolute Gasteiger partial charge is 0.352 e. The number of fused-ring (bicyclic) bond motifs is 1. The number of nitrogens with zero attached hydrogens (tertiary/aromatic N) is 6. The molecule has 126 valence electrons. The average molecular weight is 334 g/mol. The lowest BCUT2D eigenvalue weighted by atomic mass is 10.1. The van der Waals surface area contributed by atoms with Gasteiger partial charge in [-0.3, -0.25) is 14.8 Å². The van der Waals surface area contributed by atoms with Crippen LogP contribution >= 0.6 is 0 Å². The second-order valence-corrected chi connectivity index (χ2v) is 6.07. The Bertz CT molecular complexity index is 903. The molecule has 7 nitrogen and oxygen atoms in total. The Morgan fingerprint density at radius 3 is 2.40 bits per heavy atom. The monoisotopic (exact) mass is 334 g/mol. The third-order valence-electron chi connectivity index (χ3n) is 4.39. The molecule has 0 bridgehead atoms. The summed E-state index contributed by atoms with van der Waals surface area (Å²) in [6, 6.07) is 9.39. The van der Waals surface area contributed by atoms with Crippen LogP contribution in [0.2, 0.25) is 0 Å². The van der Waals surface area contributed by atoms with Gasteiger partial charge in [-0.15, -0.1) is 5.10 Å². The van der Waals surface area contributed by atoms with Gasteiger partial charge >= 0.3 is 0 Å². The zero-order valence-corrected chi connectivity index (χ0v) is 14.0. The molecule has 0 spiro atoms. The molecule has 3 heterocycles. The SMILES string of the molecule is Cc1ccc(N2CCN(C(=O)c3ccc4nccnc4c3)CC2)nn1. The van der Waals surface area contributed by atoms with Gasteiger partial charge in [-0.1, -0.05) is 0 Å². The van der Waals surface area contributed by atoms with Crippen LogP contribution < -0.4 is 4.90 Å². The quantitative estimate of drug-likeness (QED) is 0.710. The molecule has 4 rings (SSSR count). The van der Waals surface area contributed by atoms with Gasteiger partial charge in [0.15, 0.2) is 5.82 Å². The minimum atomic E-state index is 0.0298. The first-order valence-corrected chi connectivity index (χ1v) is 8.26. The van der Waals surface area contributed by atoms with Crippen molar-refractivity contribution in [1.82, 2.24) is 25.1 Å². The summed E-state index contributed by atoms with van der Waals surface area (Å²) in [7, 11) is 0. The molecule has 1 aromatic carbocycles. The number of piperazine rings is 1. The smallest absolute Gasteiger partial charge is 0.254 e. The summed E-state index contributed by atoms with van der Waals surface area (Å²) in [6.07, 6.45) is 3.29. The molecular formula is C18H18N6O. The maximum Gasteiger partial charge on any atom is 0.254 e. The Kier molecular flexibility index (Phi) is 3.97. The van der Waals surface area contributed by atoms with Crippen molar-refractivity contribution in [3.05, 3.63) is 54.0 Å². The van der Waals surface area contributed by atoms with Gasteiger partial charge in [0.25, 0.3) is 5.91 Å². The molecule has 1 saturated heterocycles. The molecule has 0 saturated carbocycles. The molecule has 0 radical (unpaired) electrons. The highest BCUT2D eigenvalue weighted by Gasteiger charge is 2.23. The fraction of sp³-hybridized carbons (Fsp3) is 0.278. The van der Waals surface area contributed by atoms with E-state index in [1.54, 1.807) is 12.4 Å². The molecule has 0 N–H and O–H groups in total. The van der Waals surface area contributed by atoms with Gasteiger partial charge in [0.1, 0.15) is 0 Å². The Morgan fingerprint density at radius 2 is 1.68 bits per heavy atom. The Balaban J connectivity index is 1.46. The summed E-state index contributed by atoms with van der Waals surface area (Å²) in [5.74, 6) is 0.890. The molecule has 0 atom stereocenters. The van der Waals surface area contributed by atoms with E-state index in [1.165, 1.54) is 0 Å². The Hall–Kier alpha value is -3.09. The number of benzene rings is 1. The number of anilines is 1. The van der Waals surface area contributed by atoms with Crippen LogP contribution in [0.25, 0.3) is 11.0 Å². The lowest BCUT2D eigenvalue weighted by molar-refractivity contribution is 0.0746. The van der Waals surface area contributed by atoms with E-state index in [-0.39, 0.29) is 5.91 Å². The van der Waals surface area contributed by atoms with Crippen LogP contribution in [0.4, 0.5) is 5.82 Å². The average Bonchev–Trinajstić information content (AvgIpc) is 2.68. The second kappa shape index (κ2) is 6.43. The molecule has 0 aliphatic carbocycles. The fourth-order valence-electron chi connectivity index (χ4n) is 2.98. The zero-order chi connectivity index (χ0) is 17.2. The first-order chi connectivity index (χ1) is 12.2. The van der Waals surface area contributed by atoms with Crippen molar-refractivity contribution in [3.8, 4) is 0 Å². The standard InChI is InChI=1S/C18H18N6O/c1-13-2-5-17(22-21-13)23-8-10-24(11-9-23)18(25)14-3-4-15-16(12-14)20-7-6-19-15/h2-7,12H,8-11H2,1H3. The van der Waals surface area contributed by atoms with E-state index in [2.05, 4.69) is 25.1 Å². The van der Waals surface area contributed by atoms with E-state index in [4.69, 9.17) is 0 Å². The number of hydrogen-bond donors (Lipinski definition) is 0. The van der Waals surface area contributed by atoms with Crippen molar-refractivity contribution in [2.45, 2.75) is 6.92 Å². The van der Waals surface area contributed by atoms with Crippen LogP contribution in [0.15, 0.2) is 42.7 Å². The summed E-state index contributed by atoms with van der Waals surface area (Å²) in [6.45, 7) is 4.73. The number of aromatic nitrogens is 4. The number of carbonyl (C=O) groups excluding carboxylic acids is 1. The summed E-state index contributed by atoms with van der Waals surface area (Å²) in [5.41, 5.74) is 3.08. The van der Waals surface area contributed by atoms with E-state index in [0.29, 0.717) is 18.7 Å². The minimum absolute atomic E-state index is 0.0298. The van der Waals surface area contributed by atoms with Gasteiger partial charge in [0, 0.05) is 44.1 Å². The highest BCUT2D eigenvalue weighted by molar-refractivity contribution is 5.97. The van der Waals surface area contributed by atoms with Crippen molar-refractivity contribution in [2.75, 3.05) is 31.1 Å². The first-order valence-electron chi connectivity index (χ1n) is 8.26. The van der Waals surface area contributed by atoms with Gasteiger partial charge in [0.2, 0.25) is 0 Å². The zero-order valence-electron chi connectivity index (χ0n) is 14.0. The highest BCUT2D eigenvalue weighted by Crippen LogP contribution is 2.16. The Morgan fingerprint density at radius 1 is 0.920 bits per heavy atom. The van der Waals surface area contributed by atoms with Crippen molar-refractivity contribution >= 4 is 22.8 Å². The topological polar surface area (TPSA) is 75.1 Å². The molecule has 25 heavy (non-hydrogen) atoms. The van der Waals surface area contributed by atoms with Crippen LogP contribution in [-0.4, -0.2) is 57.2 Å². The van der Waals surface area contributed by atoms with Gasteiger partial charge in [-0.25, -0.2) is 0 Å². The molecule has 1 aliphatic rings. The molecule has 0 unspecified atom stereocenters. The number of amides is 1. The van der Waals surface area contributed by atoms with E-state index < -0.39 is 0 Å². The predicted molar refractivity (Wildman–Crippen MR) is 94.4 cm³/mol. The lowest BCUT2D eigenvalue weighted by Gasteiger charge is -2.35. The van der Waals surface area contributed by atoms with E-state index in [9.17, 15) is 4.79 Å². The molecule has 1 aliphatic heterocycles.